The second-order valence-electron chi connectivity index (χ2n) is 3.14. The van der Waals surface area contributed by atoms with Crippen LogP contribution in [0, 0.1) is 6.92 Å². The summed E-state index contributed by atoms with van der Waals surface area (Å²) in [5.74, 6) is -0.169. The summed E-state index contributed by atoms with van der Waals surface area (Å²) in [6, 6.07) is 1.94. The Hall–Kier alpha value is -1.84. The molecule has 0 aliphatic carbocycles. The molecule has 0 spiro atoms. The predicted molar refractivity (Wildman–Crippen MR) is 54.2 cm³/mol. The first-order valence-electron chi connectivity index (χ1n) is 4.39. The molecule has 0 aliphatic heterocycles. The third-order valence-corrected chi connectivity index (χ3v) is 2.24. The van der Waals surface area contributed by atoms with E-state index in [1.807, 2.05) is 19.2 Å². The van der Waals surface area contributed by atoms with Crippen LogP contribution in [-0.2, 0) is 0 Å². The summed E-state index contributed by atoms with van der Waals surface area (Å²) < 4.78 is 0. The highest BCUT2D eigenvalue weighted by Gasteiger charge is 2.11. The van der Waals surface area contributed by atoms with E-state index in [1.165, 1.54) is 0 Å². The molecule has 0 bridgehead atoms. The zero-order valence-corrected chi connectivity index (χ0v) is 8.09. The van der Waals surface area contributed by atoms with Crippen molar-refractivity contribution in [1.29, 1.82) is 0 Å². The predicted octanol–water partition coefficient (Wildman–Crippen LogP) is 1.23. The van der Waals surface area contributed by atoms with Gasteiger partial charge in [0.2, 0.25) is 0 Å². The second kappa shape index (κ2) is 3.14. The van der Waals surface area contributed by atoms with Gasteiger partial charge in [-0.2, -0.15) is 0 Å². The highest BCUT2D eigenvalue weighted by molar-refractivity contribution is 6.04. The monoisotopic (exact) mass is 189 g/mol. The molecule has 14 heavy (non-hydrogen) atoms. The molecule has 0 fully saturated rings. The Morgan fingerprint density at radius 2 is 2.36 bits per heavy atom. The lowest BCUT2D eigenvalue weighted by molar-refractivity contribution is 0.0960. The first kappa shape index (κ1) is 8.74. The fourth-order valence-corrected chi connectivity index (χ4v) is 1.48. The minimum absolute atomic E-state index is 0.169. The number of pyridine rings is 1. The Labute approximate surface area is 81.3 Å². The van der Waals surface area contributed by atoms with Gasteiger partial charge in [0.15, 0.2) is 5.69 Å². The quantitative estimate of drug-likeness (QED) is 0.708. The summed E-state index contributed by atoms with van der Waals surface area (Å²) in [6.07, 6.45) is 3.52. The SMILES string of the molecule is CNC(=O)c1ncc(C)c2cc[nH]c12. The highest BCUT2D eigenvalue weighted by Crippen LogP contribution is 2.18. The smallest absolute Gasteiger partial charge is 0.271 e. The number of hydrogen-bond donors (Lipinski definition) is 2. The van der Waals surface area contributed by atoms with Gasteiger partial charge in [0.1, 0.15) is 0 Å². The summed E-state index contributed by atoms with van der Waals surface area (Å²) >= 11 is 0. The molecular formula is C10H11N3O. The number of carbonyl (C=O) groups is 1. The van der Waals surface area contributed by atoms with E-state index in [9.17, 15) is 4.79 Å². The van der Waals surface area contributed by atoms with Crippen molar-refractivity contribution in [3.63, 3.8) is 0 Å². The molecule has 4 nitrogen and oxygen atoms in total. The number of aromatic nitrogens is 2. The molecule has 1 amide bonds. The molecule has 0 radical (unpaired) electrons. The Bertz CT molecular complexity index is 487. The Kier molecular flexibility index (Phi) is 1.96. The Morgan fingerprint density at radius 1 is 1.57 bits per heavy atom. The Morgan fingerprint density at radius 3 is 3.07 bits per heavy atom. The van der Waals surface area contributed by atoms with Crippen LogP contribution in [0.5, 0.6) is 0 Å². The van der Waals surface area contributed by atoms with Crippen LogP contribution < -0.4 is 5.32 Å². The average molecular weight is 189 g/mol. The van der Waals surface area contributed by atoms with Crippen molar-refractivity contribution in [2.75, 3.05) is 7.05 Å². The number of aryl methyl sites for hydroxylation is 1. The number of fused-ring (bicyclic) bond motifs is 1. The van der Waals surface area contributed by atoms with Crippen molar-refractivity contribution >= 4 is 16.8 Å². The van der Waals surface area contributed by atoms with Crippen LogP contribution in [0.2, 0.25) is 0 Å². The first-order chi connectivity index (χ1) is 6.74. The fourth-order valence-electron chi connectivity index (χ4n) is 1.48. The third-order valence-electron chi connectivity index (χ3n) is 2.24. The summed E-state index contributed by atoms with van der Waals surface area (Å²) in [5.41, 5.74) is 2.30. The molecule has 2 aromatic rings. The fraction of sp³-hybridized carbons (Fsp3) is 0.200. The molecule has 2 N–H and O–H groups in total. The Balaban J connectivity index is 2.72. The molecule has 72 valence electrons. The molecule has 0 aromatic carbocycles. The van der Waals surface area contributed by atoms with Gasteiger partial charge < -0.3 is 10.3 Å². The molecule has 2 rings (SSSR count). The summed E-state index contributed by atoms with van der Waals surface area (Å²) in [7, 11) is 1.60. The minimum atomic E-state index is -0.169. The van der Waals surface area contributed by atoms with Crippen LogP contribution in [0.4, 0.5) is 0 Å². The minimum Gasteiger partial charge on any atom is -0.359 e. The van der Waals surface area contributed by atoms with Crippen LogP contribution in [0.25, 0.3) is 10.9 Å². The van der Waals surface area contributed by atoms with E-state index >= 15 is 0 Å². The van der Waals surface area contributed by atoms with E-state index in [4.69, 9.17) is 0 Å². The maximum atomic E-state index is 11.4. The van der Waals surface area contributed by atoms with E-state index in [0.717, 1.165) is 16.5 Å². The van der Waals surface area contributed by atoms with E-state index in [2.05, 4.69) is 15.3 Å². The number of nitrogens with zero attached hydrogens (tertiary/aromatic N) is 1. The number of carbonyl (C=O) groups excluding carboxylic acids is 1. The van der Waals surface area contributed by atoms with Gasteiger partial charge in [0.05, 0.1) is 5.52 Å². The zero-order chi connectivity index (χ0) is 10.1. The van der Waals surface area contributed by atoms with Crippen LogP contribution in [0.1, 0.15) is 16.1 Å². The standard InChI is InChI=1S/C10H11N3O/c1-6-5-13-9(10(14)11-2)8-7(6)3-4-12-8/h3-5,12H,1-2H3,(H,11,14). The lowest BCUT2D eigenvalue weighted by atomic mass is 10.1. The molecular weight excluding hydrogens is 178 g/mol. The molecule has 4 heteroatoms. The van der Waals surface area contributed by atoms with Crippen molar-refractivity contribution in [3.8, 4) is 0 Å². The lowest BCUT2D eigenvalue weighted by Gasteiger charge is -2.02. The van der Waals surface area contributed by atoms with E-state index in [-0.39, 0.29) is 5.91 Å². The van der Waals surface area contributed by atoms with Gasteiger partial charge >= 0.3 is 0 Å². The third kappa shape index (κ3) is 1.16. The number of nitrogens with one attached hydrogen (secondary N) is 2. The van der Waals surface area contributed by atoms with E-state index in [0.29, 0.717) is 5.69 Å². The second-order valence-corrected chi connectivity index (χ2v) is 3.14. The van der Waals surface area contributed by atoms with Gasteiger partial charge in [-0.05, 0) is 18.6 Å². The van der Waals surface area contributed by atoms with Crippen molar-refractivity contribution in [2.24, 2.45) is 0 Å². The molecule has 0 saturated heterocycles. The maximum Gasteiger partial charge on any atom is 0.271 e. The van der Waals surface area contributed by atoms with Crippen molar-refractivity contribution in [2.45, 2.75) is 6.92 Å². The topological polar surface area (TPSA) is 57.8 Å². The zero-order valence-electron chi connectivity index (χ0n) is 8.09. The van der Waals surface area contributed by atoms with Crippen LogP contribution in [0.15, 0.2) is 18.5 Å². The highest BCUT2D eigenvalue weighted by atomic mass is 16.1. The number of aromatic amines is 1. The largest absolute Gasteiger partial charge is 0.359 e. The average Bonchev–Trinajstić information content (AvgIpc) is 2.67. The van der Waals surface area contributed by atoms with Gasteiger partial charge in [-0.25, -0.2) is 4.98 Å². The molecule has 0 atom stereocenters. The van der Waals surface area contributed by atoms with Gasteiger partial charge in [-0.15, -0.1) is 0 Å². The van der Waals surface area contributed by atoms with Gasteiger partial charge in [-0.1, -0.05) is 0 Å². The number of rotatable bonds is 1. The summed E-state index contributed by atoms with van der Waals surface area (Å²) in [5, 5.41) is 3.60. The molecule has 0 aliphatic rings. The first-order valence-corrected chi connectivity index (χ1v) is 4.39. The molecule has 2 heterocycles. The molecule has 2 aromatic heterocycles. The number of hydrogen-bond acceptors (Lipinski definition) is 2. The maximum absolute atomic E-state index is 11.4. The normalized spacial score (nSPS) is 10.4. The van der Waals surface area contributed by atoms with E-state index < -0.39 is 0 Å². The summed E-state index contributed by atoms with van der Waals surface area (Å²) in [4.78, 5) is 18.6. The van der Waals surface area contributed by atoms with Gasteiger partial charge in [0, 0.05) is 24.8 Å². The van der Waals surface area contributed by atoms with Crippen LogP contribution in [0.3, 0.4) is 0 Å². The van der Waals surface area contributed by atoms with Gasteiger partial charge in [-0.3, -0.25) is 4.79 Å². The summed E-state index contributed by atoms with van der Waals surface area (Å²) in [6.45, 7) is 1.97. The number of H-pyrrole nitrogens is 1. The van der Waals surface area contributed by atoms with Crippen molar-refractivity contribution < 1.29 is 4.79 Å². The van der Waals surface area contributed by atoms with Crippen LogP contribution in [-0.4, -0.2) is 22.9 Å². The van der Waals surface area contributed by atoms with Crippen LogP contribution >= 0.6 is 0 Å². The van der Waals surface area contributed by atoms with E-state index in [1.54, 1.807) is 13.2 Å². The van der Waals surface area contributed by atoms with Crippen molar-refractivity contribution in [3.05, 3.63) is 29.7 Å². The number of amides is 1. The molecule has 0 saturated carbocycles. The van der Waals surface area contributed by atoms with Crippen molar-refractivity contribution in [1.82, 2.24) is 15.3 Å². The lowest BCUT2D eigenvalue weighted by Crippen LogP contribution is -2.19. The van der Waals surface area contributed by atoms with Gasteiger partial charge in [0.25, 0.3) is 5.91 Å². The molecule has 0 unspecified atom stereocenters.